The summed E-state index contributed by atoms with van der Waals surface area (Å²) in [5.74, 6) is -1.17. The zero-order valence-electron chi connectivity index (χ0n) is 10.5. The molecule has 0 saturated heterocycles. The Hall–Kier alpha value is -2.96. The molecule has 0 spiro atoms. The predicted molar refractivity (Wildman–Crippen MR) is 69.9 cm³/mol. The molecule has 2 N–H and O–H groups in total. The van der Waals surface area contributed by atoms with Gasteiger partial charge >= 0.3 is 5.97 Å². The van der Waals surface area contributed by atoms with Crippen molar-refractivity contribution in [3.63, 3.8) is 0 Å². The van der Waals surface area contributed by atoms with Gasteiger partial charge in [-0.1, -0.05) is 0 Å². The Morgan fingerprint density at radius 2 is 2.05 bits per heavy atom. The highest BCUT2D eigenvalue weighted by Gasteiger charge is 2.12. The number of carbonyl (C=O) groups is 2. The Balaban J connectivity index is 2.17. The number of nitrogens with one attached hydrogen (secondary N) is 1. The number of carbonyl (C=O) groups excluding carboxylic acids is 1. The first-order chi connectivity index (χ1) is 9.61. The van der Waals surface area contributed by atoms with Gasteiger partial charge in [0.15, 0.2) is 0 Å². The van der Waals surface area contributed by atoms with Crippen molar-refractivity contribution in [3.8, 4) is 5.75 Å². The first kappa shape index (κ1) is 13.5. The van der Waals surface area contributed by atoms with E-state index in [1.807, 2.05) is 0 Å². The maximum Gasteiger partial charge on any atom is 0.354 e. The molecule has 0 aromatic carbocycles. The van der Waals surface area contributed by atoms with Crippen LogP contribution in [0.4, 0.5) is 5.69 Å². The highest BCUT2D eigenvalue weighted by molar-refractivity contribution is 6.06. The Bertz CT molecular complexity index is 640. The molecule has 2 aromatic rings. The van der Waals surface area contributed by atoms with Crippen LogP contribution in [-0.2, 0) is 0 Å². The first-order valence-electron chi connectivity index (χ1n) is 5.60. The number of aromatic nitrogens is 2. The number of ether oxygens (including phenoxy) is 1. The van der Waals surface area contributed by atoms with E-state index in [1.165, 1.54) is 43.9 Å². The van der Waals surface area contributed by atoms with Gasteiger partial charge in [0, 0.05) is 6.20 Å². The molecule has 7 heteroatoms. The van der Waals surface area contributed by atoms with E-state index in [-0.39, 0.29) is 5.69 Å². The second-order valence-electron chi connectivity index (χ2n) is 3.77. The lowest BCUT2D eigenvalue weighted by Crippen LogP contribution is -2.13. The minimum atomic E-state index is -1.13. The van der Waals surface area contributed by atoms with Gasteiger partial charge in [0.1, 0.15) is 11.4 Å². The summed E-state index contributed by atoms with van der Waals surface area (Å²) in [6.07, 6.45) is 4.18. The molecule has 7 nitrogen and oxygen atoms in total. The number of anilines is 1. The average Bonchev–Trinajstić information content (AvgIpc) is 2.47. The zero-order valence-corrected chi connectivity index (χ0v) is 10.5. The summed E-state index contributed by atoms with van der Waals surface area (Å²) in [5.41, 5.74) is 0.619. The highest BCUT2D eigenvalue weighted by Crippen LogP contribution is 2.17. The number of carboxylic acid groups (broad SMARTS) is 1. The number of amides is 1. The third-order valence-electron chi connectivity index (χ3n) is 2.49. The van der Waals surface area contributed by atoms with E-state index in [9.17, 15) is 9.59 Å². The topological polar surface area (TPSA) is 101 Å². The molecule has 0 unspecified atom stereocenters. The Labute approximate surface area is 114 Å². The Morgan fingerprint density at radius 3 is 2.65 bits per heavy atom. The molecule has 0 saturated carbocycles. The summed E-state index contributed by atoms with van der Waals surface area (Å²) in [5, 5.41) is 11.3. The first-order valence-corrected chi connectivity index (χ1v) is 5.60. The van der Waals surface area contributed by atoms with Gasteiger partial charge < -0.3 is 15.2 Å². The maximum atomic E-state index is 12.0. The van der Waals surface area contributed by atoms with E-state index < -0.39 is 11.9 Å². The molecule has 0 aliphatic heterocycles. The summed E-state index contributed by atoms with van der Waals surface area (Å²) in [7, 11) is 1.44. The number of rotatable bonds is 4. The van der Waals surface area contributed by atoms with Crippen LogP contribution in [0.25, 0.3) is 0 Å². The van der Waals surface area contributed by atoms with Crippen LogP contribution in [0.15, 0.2) is 36.8 Å². The molecule has 0 aliphatic rings. The predicted octanol–water partition coefficient (Wildman–Crippen LogP) is 1.44. The minimum Gasteiger partial charge on any atom is -0.494 e. The average molecular weight is 273 g/mol. The van der Waals surface area contributed by atoms with E-state index >= 15 is 0 Å². The standard InChI is InChI=1S/C13H11N3O4/c1-20-11-7-14-5-4-9(11)12(17)16-8-2-3-10(13(18)19)15-6-8/h2-7H,1H3,(H,16,17)(H,18,19). The number of aromatic carboxylic acids is 1. The Kier molecular flexibility index (Phi) is 3.90. The number of nitrogens with zero attached hydrogens (tertiary/aromatic N) is 2. The summed E-state index contributed by atoms with van der Waals surface area (Å²) in [6.45, 7) is 0. The van der Waals surface area contributed by atoms with Crippen LogP contribution in [0.1, 0.15) is 20.8 Å². The molecule has 0 radical (unpaired) electrons. The quantitative estimate of drug-likeness (QED) is 0.873. The van der Waals surface area contributed by atoms with Crippen molar-refractivity contribution in [2.45, 2.75) is 0 Å². The van der Waals surface area contributed by atoms with Gasteiger partial charge in [-0.05, 0) is 18.2 Å². The molecule has 0 aliphatic carbocycles. The second-order valence-corrected chi connectivity index (χ2v) is 3.77. The summed E-state index contributed by atoms with van der Waals surface area (Å²) in [6, 6.07) is 4.29. The van der Waals surface area contributed by atoms with Gasteiger partial charge in [-0.25, -0.2) is 9.78 Å². The van der Waals surface area contributed by atoms with Crippen molar-refractivity contribution in [2.75, 3.05) is 12.4 Å². The lowest BCUT2D eigenvalue weighted by Gasteiger charge is -2.08. The normalized spacial score (nSPS) is 9.85. The summed E-state index contributed by atoms with van der Waals surface area (Å²) >= 11 is 0. The van der Waals surface area contributed by atoms with Crippen LogP contribution >= 0.6 is 0 Å². The fourth-order valence-corrected chi connectivity index (χ4v) is 1.52. The number of carboxylic acids is 1. The molecule has 0 bridgehead atoms. The minimum absolute atomic E-state index is 0.0931. The molecule has 2 aromatic heterocycles. The van der Waals surface area contributed by atoms with Crippen molar-refractivity contribution >= 4 is 17.6 Å². The number of methoxy groups -OCH3 is 1. The zero-order chi connectivity index (χ0) is 14.5. The van der Waals surface area contributed by atoms with E-state index in [0.29, 0.717) is 17.0 Å². The molecule has 1 amide bonds. The van der Waals surface area contributed by atoms with Crippen LogP contribution < -0.4 is 10.1 Å². The Morgan fingerprint density at radius 1 is 1.25 bits per heavy atom. The third-order valence-corrected chi connectivity index (χ3v) is 2.49. The van der Waals surface area contributed by atoms with Gasteiger partial charge in [-0.15, -0.1) is 0 Å². The van der Waals surface area contributed by atoms with E-state index in [2.05, 4.69) is 15.3 Å². The van der Waals surface area contributed by atoms with Crippen molar-refractivity contribution < 1.29 is 19.4 Å². The fourth-order valence-electron chi connectivity index (χ4n) is 1.52. The third kappa shape index (κ3) is 2.89. The monoisotopic (exact) mass is 273 g/mol. The molecule has 0 fully saturated rings. The van der Waals surface area contributed by atoms with Gasteiger partial charge in [0.05, 0.1) is 30.8 Å². The smallest absolute Gasteiger partial charge is 0.354 e. The van der Waals surface area contributed by atoms with Crippen LogP contribution in [0.5, 0.6) is 5.75 Å². The van der Waals surface area contributed by atoms with Crippen LogP contribution in [0.3, 0.4) is 0 Å². The van der Waals surface area contributed by atoms with E-state index in [0.717, 1.165) is 0 Å². The van der Waals surface area contributed by atoms with Crippen LogP contribution in [0, 0.1) is 0 Å². The van der Waals surface area contributed by atoms with Crippen molar-refractivity contribution in [1.82, 2.24) is 9.97 Å². The SMILES string of the molecule is COc1cnccc1C(=O)Nc1ccc(C(=O)O)nc1. The van der Waals surface area contributed by atoms with Crippen LogP contribution in [0.2, 0.25) is 0 Å². The molecular weight excluding hydrogens is 262 g/mol. The van der Waals surface area contributed by atoms with E-state index in [4.69, 9.17) is 9.84 Å². The molecule has 20 heavy (non-hydrogen) atoms. The number of hydrogen-bond donors (Lipinski definition) is 2. The van der Waals surface area contributed by atoms with Crippen molar-refractivity contribution in [2.24, 2.45) is 0 Å². The number of pyridine rings is 2. The highest BCUT2D eigenvalue weighted by atomic mass is 16.5. The molecule has 2 rings (SSSR count). The second kappa shape index (κ2) is 5.79. The number of hydrogen-bond acceptors (Lipinski definition) is 5. The lowest BCUT2D eigenvalue weighted by atomic mass is 10.2. The van der Waals surface area contributed by atoms with Gasteiger partial charge in [0.2, 0.25) is 0 Å². The lowest BCUT2D eigenvalue weighted by molar-refractivity contribution is 0.0690. The molecule has 0 atom stereocenters. The molecule has 102 valence electrons. The van der Waals surface area contributed by atoms with Gasteiger partial charge in [-0.3, -0.25) is 9.78 Å². The van der Waals surface area contributed by atoms with E-state index in [1.54, 1.807) is 0 Å². The van der Waals surface area contributed by atoms with Crippen molar-refractivity contribution in [1.29, 1.82) is 0 Å². The summed E-state index contributed by atoms with van der Waals surface area (Å²) in [4.78, 5) is 30.3. The fraction of sp³-hybridized carbons (Fsp3) is 0.0769. The van der Waals surface area contributed by atoms with Gasteiger partial charge in [0.25, 0.3) is 5.91 Å². The maximum absolute atomic E-state index is 12.0. The van der Waals surface area contributed by atoms with Crippen LogP contribution in [-0.4, -0.2) is 34.1 Å². The molecule has 2 heterocycles. The largest absolute Gasteiger partial charge is 0.494 e. The van der Waals surface area contributed by atoms with Crippen molar-refractivity contribution in [3.05, 3.63) is 48.0 Å². The summed E-state index contributed by atoms with van der Waals surface area (Å²) < 4.78 is 5.04. The molecular formula is C13H11N3O4. The van der Waals surface area contributed by atoms with Gasteiger partial charge in [-0.2, -0.15) is 0 Å².